The van der Waals surface area contributed by atoms with Crippen LogP contribution in [0, 0.1) is 0 Å². The average Bonchev–Trinajstić information content (AvgIpc) is 4.26. The second kappa shape index (κ2) is 16.6. The molecule has 0 fully saturated rings. The van der Waals surface area contributed by atoms with Gasteiger partial charge in [-0.15, -0.1) is 0 Å². The maximum atomic E-state index is 5.32. The number of para-hydroxylation sites is 5. The maximum Gasteiger partial charge on any atom is 0.160 e. The first-order valence-corrected chi connectivity index (χ1v) is 25.9. The van der Waals surface area contributed by atoms with Crippen LogP contribution >= 0.6 is 0 Å². The Morgan fingerprint density at radius 2 is 0.645 bits per heavy atom. The Kier molecular flexibility index (Phi) is 9.23. The van der Waals surface area contributed by atoms with Crippen molar-refractivity contribution in [1.82, 2.24) is 28.2 Å². The molecule has 0 saturated carbocycles. The van der Waals surface area contributed by atoms with Gasteiger partial charge >= 0.3 is 0 Å². The van der Waals surface area contributed by atoms with Gasteiger partial charge < -0.3 is 18.3 Å². The van der Waals surface area contributed by atoms with Gasteiger partial charge in [0.25, 0.3) is 0 Å². The van der Waals surface area contributed by atoms with E-state index in [2.05, 4.69) is 261 Å². The summed E-state index contributed by atoms with van der Waals surface area (Å²) in [5, 5.41) is 9.59. The second-order valence-electron chi connectivity index (χ2n) is 19.7. The molecule has 5 aromatic heterocycles. The van der Waals surface area contributed by atoms with Crippen molar-refractivity contribution in [3.05, 3.63) is 267 Å². The number of benzene rings is 11. The van der Waals surface area contributed by atoms with Gasteiger partial charge in [-0.1, -0.05) is 170 Å². The van der Waals surface area contributed by atoms with Crippen molar-refractivity contribution in [2.24, 2.45) is 0 Å². The zero-order valence-electron chi connectivity index (χ0n) is 41.1. The van der Waals surface area contributed by atoms with Crippen molar-refractivity contribution < 1.29 is 0 Å². The summed E-state index contributed by atoms with van der Waals surface area (Å²) in [6.07, 6.45) is 0. The molecule has 0 saturated heterocycles. The van der Waals surface area contributed by atoms with E-state index in [0.29, 0.717) is 5.82 Å². The molecular weight excluding hydrogens is 925 g/mol. The van der Waals surface area contributed by atoms with Crippen LogP contribution < -0.4 is 0 Å². The molecular formula is C70H44N6. The van der Waals surface area contributed by atoms with Crippen molar-refractivity contribution >= 4 is 87.2 Å². The molecule has 0 bridgehead atoms. The van der Waals surface area contributed by atoms with E-state index in [9.17, 15) is 0 Å². The number of rotatable bonds is 7. The monoisotopic (exact) mass is 968 g/mol. The largest absolute Gasteiger partial charge is 0.309 e. The summed E-state index contributed by atoms with van der Waals surface area (Å²) in [4.78, 5) is 10.5. The molecule has 0 atom stereocenters. The van der Waals surface area contributed by atoms with Crippen molar-refractivity contribution in [2.45, 2.75) is 0 Å². The van der Waals surface area contributed by atoms with Gasteiger partial charge in [-0.3, -0.25) is 0 Å². The van der Waals surface area contributed by atoms with Gasteiger partial charge in [0, 0.05) is 82.5 Å². The molecule has 6 heteroatoms. The van der Waals surface area contributed by atoms with Crippen LogP contribution in [0.15, 0.2) is 267 Å². The number of hydrogen-bond acceptors (Lipinski definition) is 2. The molecule has 0 amide bonds. The van der Waals surface area contributed by atoms with Crippen molar-refractivity contribution in [3.8, 4) is 56.7 Å². The minimum Gasteiger partial charge on any atom is -0.309 e. The average molecular weight is 969 g/mol. The Bertz CT molecular complexity index is 4890. The molecule has 0 spiro atoms. The Labute approximate surface area is 436 Å². The number of nitrogens with zero attached hydrogens (tertiary/aromatic N) is 6. The summed E-state index contributed by atoms with van der Waals surface area (Å²) in [6.45, 7) is 0. The Hall–Kier alpha value is -10.3. The normalized spacial score (nSPS) is 11.9. The van der Waals surface area contributed by atoms with Gasteiger partial charge in [-0.05, 0) is 97.1 Å². The zero-order valence-corrected chi connectivity index (χ0v) is 41.1. The molecule has 0 aliphatic rings. The lowest BCUT2D eigenvalue weighted by molar-refractivity contribution is 1.17. The number of aromatic nitrogens is 6. The molecule has 0 N–H and O–H groups in total. The maximum absolute atomic E-state index is 5.32. The van der Waals surface area contributed by atoms with Crippen LogP contribution in [0.1, 0.15) is 0 Å². The highest BCUT2D eigenvalue weighted by molar-refractivity contribution is 6.28. The van der Waals surface area contributed by atoms with Crippen LogP contribution in [0.4, 0.5) is 0 Å². The van der Waals surface area contributed by atoms with Crippen molar-refractivity contribution in [3.63, 3.8) is 0 Å². The first kappa shape index (κ1) is 42.2. The summed E-state index contributed by atoms with van der Waals surface area (Å²) < 4.78 is 9.84. The summed E-state index contributed by atoms with van der Waals surface area (Å²) in [5.74, 6) is 0.692. The molecule has 16 rings (SSSR count). The highest BCUT2D eigenvalue weighted by Crippen LogP contribution is 2.46. The third-order valence-electron chi connectivity index (χ3n) is 15.5. The molecule has 11 aromatic carbocycles. The zero-order chi connectivity index (χ0) is 49.8. The summed E-state index contributed by atoms with van der Waals surface area (Å²) >= 11 is 0. The van der Waals surface area contributed by atoms with E-state index in [1.54, 1.807) is 0 Å². The molecule has 16 aromatic rings. The Morgan fingerprint density at radius 1 is 0.224 bits per heavy atom. The number of hydrogen-bond donors (Lipinski definition) is 0. The van der Waals surface area contributed by atoms with Gasteiger partial charge in [0.15, 0.2) is 5.82 Å². The van der Waals surface area contributed by atoms with Gasteiger partial charge in [0.2, 0.25) is 0 Å². The third kappa shape index (κ3) is 6.28. The topological polar surface area (TPSA) is 45.5 Å². The third-order valence-corrected chi connectivity index (χ3v) is 15.5. The summed E-state index contributed by atoms with van der Waals surface area (Å²) in [6, 6.07) is 96.2. The van der Waals surface area contributed by atoms with Crippen LogP contribution in [0.3, 0.4) is 0 Å². The Morgan fingerprint density at radius 3 is 1.26 bits per heavy atom. The highest BCUT2D eigenvalue weighted by atomic mass is 15.0. The van der Waals surface area contributed by atoms with E-state index in [-0.39, 0.29) is 0 Å². The predicted molar refractivity (Wildman–Crippen MR) is 316 cm³/mol. The standard InChI is InChI=1S/C70H44N6/c1-6-20-45(21-7-1)58-44-59(72-70(71-58)46-22-8-2-9-23-46)47-34-38-63-57(42-47)67-65(74(63)49-26-12-4-13-27-49)41-37-54-56-43-51(35-39-62(56)75(69(54)67)50-28-14-5-15-29-50)76-60-32-18-16-30-52(60)53-36-40-64-66(68(53)76)55-31-17-19-33-61(55)73(64)48-24-10-3-11-25-48/h1-44H. The van der Waals surface area contributed by atoms with Gasteiger partial charge in [-0.25, -0.2) is 9.97 Å². The van der Waals surface area contributed by atoms with Crippen LogP contribution in [-0.2, 0) is 0 Å². The van der Waals surface area contributed by atoms with Crippen LogP contribution in [-0.4, -0.2) is 28.2 Å². The van der Waals surface area contributed by atoms with Gasteiger partial charge in [0.05, 0.1) is 55.5 Å². The van der Waals surface area contributed by atoms with Crippen molar-refractivity contribution in [2.75, 3.05) is 0 Å². The molecule has 0 aliphatic heterocycles. The van der Waals surface area contributed by atoms with Crippen LogP contribution in [0.2, 0.25) is 0 Å². The molecule has 0 unspecified atom stereocenters. The predicted octanol–water partition coefficient (Wildman–Crippen LogP) is 17.9. The lowest BCUT2D eigenvalue weighted by Crippen LogP contribution is -1.96. The number of fused-ring (bicyclic) bond motifs is 14. The molecule has 6 nitrogen and oxygen atoms in total. The Balaban J connectivity index is 1.00. The fraction of sp³-hybridized carbons (Fsp3) is 0. The van der Waals surface area contributed by atoms with E-state index in [4.69, 9.17) is 9.97 Å². The fourth-order valence-corrected chi connectivity index (χ4v) is 12.3. The van der Waals surface area contributed by atoms with Gasteiger partial charge in [-0.2, -0.15) is 0 Å². The van der Waals surface area contributed by atoms with E-state index in [1.165, 1.54) is 59.8 Å². The van der Waals surface area contributed by atoms with Crippen LogP contribution in [0.25, 0.3) is 144 Å². The fourth-order valence-electron chi connectivity index (χ4n) is 12.3. The minimum atomic E-state index is 0.692. The molecule has 354 valence electrons. The lowest BCUT2D eigenvalue weighted by Gasteiger charge is -2.12. The summed E-state index contributed by atoms with van der Waals surface area (Å²) in [5.41, 5.74) is 18.5. The van der Waals surface area contributed by atoms with E-state index >= 15 is 0 Å². The highest BCUT2D eigenvalue weighted by Gasteiger charge is 2.25. The van der Waals surface area contributed by atoms with Crippen molar-refractivity contribution in [1.29, 1.82) is 0 Å². The van der Waals surface area contributed by atoms with Crippen LogP contribution in [0.5, 0.6) is 0 Å². The first-order valence-electron chi connectivity index (χ1n) is 25.9. The van der Waals surface area contributed by atoms with E-state index in [0.717, 1.165) is 78.3 Å². The van der Waals surface area contributed by atoms with Gasteiger partial charge in [0.1, 0.15) is 0 Å². The smallest absolute Gasteiger partial charge is 0.160 e. The molecule has 0 aliphatic carbocycles. The van der Waals surface area contributed by atoms with E-state index < -0.39 is 0 Å². The molecule has 5 heterocycles. The second-order valence-corrected chi connectivity index (χ2v) is 19.7. The molecule has 0 radical (unpaired) electrons. The van der Waals surface area contributed by atoms with E-state index in [1.807, 2.05) is 24.3 Å². The minimum absolute atomic E-state index is 0.692. The SMILES string of the molecule is c1ccc(-c2cc(-c3ccc4c(c3)c3c(ccc5c6cc(-n7c8ccccc8c8ccc9c(c%10ccccc%10n9-c9ccccc9)c87)ccc6n(-c6ccccc6)c53)n4-c3ccccc3)nc(-c3ccccc3)n2)cc1. The lowest BCUT2D eigenvalue weighted by atomic mass is 10.0. The molecule has 76 heavy (non-hydrogen) atoms. The summed E-state index contributed by atoms with van der Waals surface area (Å²) in [7, 11) is 0. The quantitative estimate of drug-likeness (QED) is 0.160. The first-order chi connectivity index (χ1) is 37.7.